The van der Waals surface area contributed by atoms with Crippen LogP contribution in [0.25, 0.3) is 0 Å². The molecule has 0 unspecified atom stereocenters. The highest BCUT2D eigenvalue weighted by molar-refractivity contribution is 5.74. The molecule has 1 saturated carbocycles. The highest BCUT2D eigenvalue weighted by Crippen LogP contribution is 2.39. The summed E-state index contributed by atoms with van der Waals surface area (Å²) in [6.45, 7) is 2.53. The molecule has 6 heteroatoms. The van der Waals surface area contributed by atoms with Crippen molar-refractivity contribution in [1.82, 2.24) is 20.2 Å². The molecule has 1 aliphatic carbocycles. The molecule has 18 heavy (non-hydrogen) atoms. The van der Waals surface area contributed by atoms with Crippen LogP contribution in [0.5, 0.6) is 0 Å². The lowest BCUT2D eigenvalue weighted by Gasteiger charge is -2.23. The Kier molecular flexibility index (Phi) is 3.93. The van der Waals surface area contributed by atoms with E-state index in [4.69, 9.17) is 0 Å². The fraction of sp³-hybridized carbons (Fsp3) is 0.833. The van der Waals surface area contributed by atoms with Gasteiger partial charge in [-0.05, 0) is 29.7 Å². The van der Waals surface area contributed by atoms with Gasteiger partial charge < -0.3 is 5.11 Å². The Morgan fingerprint density at radius 1 is 1.44 bits per heavy atom. The molecular weight excluding hydrogens is 232 g/mol. The molecular formula is C12H20N4O2. The van der Waals surface area contributed by atoms with Crippen molar-refractivity contribution in [2.45, 2.75) is 58.4 Å². The molecule has 0 atom stereocenters. The summed E-state index contributed by atoms with van der Waals surface area (Å²) in [4.78, 5) is 11.5. The van der Waals surface area contributed by atoms with E-state index in [0.717, 1.165) is 50.8 Å². The van der Waals surface area contributed by atoms with Crippen LogP contribution in [-0.2, 0) is 17.8 Å². The van der Waals surface area contributed by atoms with Crippen LogP contribution in [-0.4, -0.2) is 31.3 Å². The number of carbonyl (C=O) groups is 1. The van der Waals surface area contributed by atoms with Gasteiger partial charge in [0.15, 0.2) is 5.82 Å². The minimum atomic E-state index is -0.711. The van der Waals surface area contributed by atoms with Crippen molar-refractivity contribution in [2.24, 2.45) is 5.41 Å². The lowest BCUT2D eigenvalue weighted by Crippen LogP contribution is -2.33. The molecule has 0 bridgehead atoms. The zero-order chi connectivity index (χ0) is 13.0. The molecule has 0 aliphatic heterocycles. The number of hydrogen-bond donors (Lipinski definition) is 1. The first-order valence-electron chi connectivity index (χ1n) is 6.66. The van der Waals surface area contributed by atoms with Crippen molar-refractivity contribution in [3.8, 4) is 0 Å². The summed E-state index contributed by atoms with van der Waals surface area (Å²) in [5.41, 5.74) is -0.656. The van der Waals surface area contributed by atoms with Gasteiger partial charge in [0.05, 0.1) is 12.0 Å². The number of aliphatic carboxylic acids is 1. The number of hydrogen-bond acceptors (Lipinski definition) is 4. The predicted molar refractivity (Wildman–Crippen MR) is 65.0 cm³/mol. The third-order valence-corrected chi connectivity index (χ3v) is 3.83. The molecule has 0 amide bonds. The predicted octanol–water partition coefficient (Wildman–Crippen LogP) is 1.66. The number of tetrazole rings is 1. The summed E-state index contributed by atoms with van der Waals surface area (Å²) in [5.74, 6) is 0.0984. The lowest BCUT2D eigenvalue weighted by atomic mass is 9.86. The van der Waals surface area contributed by atoms with E-state index in [-0.39, 0.29) is 0 Å². The average Bonchev–Trinajstić information content (AvgIpc) is 2.97. The SMILES string of the molecule is CCCCc1nnnn1CC1(C(=O)O)CCCC1. The Labute approximate surface area is 106 Å². The Hall–Kier alpha value is -1.46. The molecule has 1 N–H and O–H groups in total. The van der Waals surface area contributed by atoms with Crippen molar-refractivity contribution < 1.29 is 9.90 Å². The van der Waals surface area contributed by atoms with E-state index < -0.39 is 11.4 Å². The Bertz CT molecular complexity index is 410. The van der Waals surface area contributed by atoms with Gasteiger partial charge in [-0.1, -0.05) is 26.2 Å². The second kappa shape index (κ2) is 5.46. The maximum atomic E-state index is 11.5. The molecule has 1 aliphatic rings. The summed E-state index contributed by atoms with van der Waals surface area (Å²) < 4.78 is 1.69. The number of nitrogens with zero attached hydrogens (tertiary/aromatic N) is 4. The number of aromatic nitrogens is 4. The van der Waals surface area contributed by atoms with Crippen LogP contribution in [0.1, 0.15) is 51.3 Å². The minimum absolute atomic E-state index is 0.411. The molecule has 0 saturated heterocycles. The maximum absolute atomic E-state index is 11.5. The molecule has 0 radical (unpaired) electrons. The molecule has 0 aromatic carbocycles. The summed E-state index contributed by atoms with van der Waals surface area (Å²) in [6.07, 6.45) is 6.36. The number of rotatable bonds is 6. The standard InChI is InChI=1S/C12H20N4O2/c1-2-3-6-10-13-14-15-16(10)9-12(11(17)18)7-4-5-8-12/h2-9H2,1H3,(H,17,18). The van der Waals surface area contributed by atoms with E-state index in [1.165, 1.54) is 0 Å². The largest absolute Gasteiger partial charge is 0.481 e. The fourth-order valence-electron chi connectivity index (χ4n) is 2.64. The number of aryl methyl sites for hydroxylation is 1. The zero-order valence-electron chi connectivity index (χ0n) is 10.8. The smallest absolute Gasteiger partial charge is 0.311 e. The van der Waals surface area contributed by atoms with E-state index in [1.807, 2.05) is 0 Å². The minimum Gasteiger partial charge on any atom is -0.481 e. The van der Waals surface area contributed by atoms with Gasteiger partial charge in [0, 0.05) is 6.42 Å². The summed E-state index contributed by atoms with van der Waals surface area (Å²) >= 11 is 0. The molecule has 100 valence electrons. The lowest BCUT2D eigenvalue weighted by molar-refractivity contribution is -0.149. The van der Waals surface area contributed by atoms with Crippen molar-refractivity contribution in [3.63, 3.8) is 0 Å². The highest BCUT2D eigenvalue weighted by Gasteiger charge is 2.42. The molecule has 2 rings (SSSR count). The van der Waals surface area contributed by atoms with E-state index >= 15 is 0 Å². The van der Waals surface area contributed by atoms with Gasteiger partial charge in [-0.15, -0.1) is 5.10 Å². The molecule has 1 fully saturated rings. The molecule has 6 nitrogen and oxygen atoms in total. The normalized spacial score (nSPS) is 18.1. The summed E-state index contributed by atoms with van der Waals surface area (Å²) in [6, 6.07) is 0. The van der Waals surface area contributed by atoms with Crippen LogP contribution in [0, 0.1) is 5.41 Å². The van der Waals surface area contributed by atoms with Gasteiger partial charge in [0.25, 0.3) is 0 Å². The van der Waals surface area contributed by atoms with Gasteiger partial charge in [0.2, 0.25) is 0 Å². The maximum Gasteiger partial charge on any atom is 0.311 e. The zero-order valence-corrected chi connectivity index (χ0v) is 10.8. The van der Waals surface area contributed by atoms with Gasteiger partial charge in [0.1, 0.15) is 0 Å². The van der Waals surface area contributed by atoms with Crippen molar-refractivity contribution >= 4 is 5.97 Å². The monoisotopic (exact) mass is 252 g/mol. The van der Waals surface area contributed by atoms with Crippen LogP contribution in [0.4, 0.5) is 0 Å². The van der Waals surface area contributed by atoms with Crippen molar-refractivity contribution in [1.29, 1.82) is 0 Å². The van der Waals surface area contributed by atoms with E-state index in [9.17, 15) is 9.90 Å². The quantitative estimate of drug-likeness (QED) is 0.832. The first-order chi connectivity index (χ1) is 8.68. The van der Waals surface area contributed by atoms with E-state index in [1.54, 1.807) is 4.68 Å². The van der Waals surface area contributed by atoms with Crippen molar-refractivity contribution in [2.75, 3.05) is 0 Å². The van der Waals surface area contributed by atoms with Crippen molar-refractivity contribution in [3.05, 3.63) is 5.82 Å². The Morgan fingerprint density at radius 3 is 2.78 bits per heavy atom. The van der Waals surface area contributed by atoms with E-state index in [0.29, 0.717) is 6.54 Å². The summed E-state index contributed by atoms with van der Waals surface area (Å²) in [5, 5.41) is 21.1. The second-order valence-electron chi connectivity index (χ2n) is 5.15. The van der Waals surface area contributed by atoms with Crippen LogP contribution in [0.15, 0.2) is 0 Å². The average molecular weight is 252 g/mol. The highest BCUT2D eigenvalue weighted by atomic mass is 16.4. The second-order valence-corrected chi connectivity index (χ2v) is 5.15. The molecule has 1 aromatic rings. The van der Waals surface area contributed by atoms with E-state index in [2.05, 4.69) is 22.4 Å². The van der Waals surface area contributed by atoms with Crippen LogP contribution >= 0.6 is 0 Å². The number of carboxylic acid groups (broad SMARTS) is 1. The fourth-order valence-corrected chi connectivity index (χ4v) is 2.64. The number of carboxylic acids is 1. The van der Waals surface area contributed by atoms with Gasteiger partial charge >= 0.3 is 5.97 Å². The first-order valence-corrected chi connectivity index (χ1v) is 6.66. The van der Waals surface area contributed by atoms with Crippen LogP contribution < -0.4 is 0 Å². The summed E-state index contributed by atoms with van der Waals surface area (Å²) in [7, 11) is 0. The van der Waals surface area contributed by atoms with Gasteiger partial charge in [-0.3, -0.25) is 4.79 Å². The molecule has 1 aromatic heterocycles. The Balaban J connectivity index is 2.12. The Morgan fingerprint density at radius 2 is 2.17 bits per heavy atom. The molecule has 1 heterocycles. The van der Waals surface area contributed by atoms with Crippen LogP contribution in [0.2, 0.25) is 0 Å². The topological polar surface area (TPSA) is 80.9 Å². The number of unbranched alkanes of at least 4 members (excludes halogenated alkanes) is 1. The third kappa shape index (κ3) is 2.52. The van der Waals surface area contributed by atoms with Crippen LogP contribution in [0.3, 0.4) is 0 Å². The first kappa shape index (κ1) is 13.0. The molecule has 0 spiro atoms. The van der Waals surface area contributed by atoms with Gasteiger partial charge in [-0.2, -0.15) is 0 Å². The van der Waals surface area contributed by atoms with Gasteiger partial charge in [-0.25, -0.2) is 4.68 Å². The third-order valence-electron chi connectivity index (χ3n) is 3.83.